The first kappa shape index (κ1) is 44.3. The van der Waals surface area contributed by atoms with Crippen LogP contribution in [-0.4, -0.2) is 46.9 Å². The quantitative estimate of drug-likeness (QED) is 0.143. The number of benzene rings is 1. The third kappa shape index (κ3) is 7.72. The first-order valence-corrected chi connectivity index (χ1v) is 18.1. The van der Waals surface area contributed by atoms with Crippen LogP contribution in [0.2, 0.25) is 0 Å². The predicted molar refractivity (Wildman–Crippen MR) is 184 cm³/mol. The van der Waals surface area contributed by atoms with Gasteiger partial charge < -0.3 is 0 Å². The van der Waals surface area contributed by atoms with E-state index in [9.17, 15) is 52.7 Å². The third-order valence-electron chi connectivity index (χ3n) is 9.32. The third-order valence-corrected chi connectivity index (χ3v) is 12.6. The van der Waals surface area contributed by atoms with Crippen molar-refractivity contribution in [3.05, 3.63) is 74.6 Å². The van der Waals surface area contributed by atoms with Crippen LogP contribution in [0, 0.1) is 6.92 Å². The topological polar surface area (TPSA) is 0 Å². The van der Waals surface area contributed by atoms with Gasteiger partial charge in [-0.15, -0.1) is 23.1 Å². The highest BCUT2D eigenvalue weighted by atomic mass is 32.2. The van der Waals surface area contributed by atoms with E-state index in [1.165, 1.54) is 18.2 Å². The monoisotopic (exact) mass is 818 g/mol. The molecule has 2 aromatic rings. The van der Waals surface area contributed by atoms with E-state index in [0.717, 1.165) is 11.8 Å². The number of hydrogen-bond acceptors (Lipinski definition) is 2. The van der Waals surface area contributed by atoms with Gasteiger partial charge in [0.15, 0.2) is 0 Å². The highest BCUT2D eigenvalue weighted by Crippen LogP contribution is 2.60. The predicted octanol–water partition coefficient (Wildman–Crippen LogP) is 14.2. The molecule has 0 N–H and O–H groups in total. The summed E-state index contributed by atoms with van der Waals surface area (Å²) in [6, 6.07) is 2.13. The number of allylic oxidation sites excluding steroid dienone is 6. The molecule has 0 saturated heterocycles. The molecule has 1 aromatic heterocycles. The molecule has 3 rings (SSSR count). The van der Waals surface area contributed by atoms with Crippen LogP contribution in [0.15, 0.2) is 53.0 Å². The minimum absolute atomic E-state index is 0.0217. The van der Waals surface area contributed by atoms with E-state index >= 15 is 8.78 Å². The van der Waals surface area contributed by atoms with E-state index in [0.29, 0.717) is 49.6 Å². The Kier molecular flexibility index (Phi) is 12.7. The Morgan fingerprint density at radius 1 is 0.904 bits per heavy atom. The molecular weight excluding hydrogens is 781 g/mol. The molecule has 0 nitrogen and oxygen atoms in total. The Bertz CT molecular complexity index is 1760. The van der Waals surface area contributed by atoms with Crippen LogP contribution in [0.3, 0.4) is 0 Å². The molecule has 0 radical (unpaired) electrons. The first-order valence-electron chi connectivity index (χ1n) is 15.7. The number of alkyl halides is 14. The Hall–Kier alpha value is -2.06. The molecule has 17 heteroatoms. The molecule has 0 aliphatic carbocycles. The van der Waals surface area contributed by atoms with Crippen molar-refractivity contribution >= 4 is 48.0 Å². The Morgan fingerprint density at radius 2 is 1.48 bits per heavy atom. The van der Waals surface area contributed by atoms with Gasteiger partial charge >= 0.3 is 24.2 Å². The molecule has 0 spiro atoms. The molecule has 0 bridgehead atoms. The molecule has 4 atom stereocenters. The molecule has 52 heavy (non-hydrogen) atoms. The molecule has 4 unspecified atom stereocenters. The summed E-state index contributed by atoms with van der Waals surface area (Å²) in [5.74, 6) is -26.8. The van der Waals surface area contributed by atoms with Crippen LogP contribution < -0.4 is 0 Å². The molecule has 292 valence electrons. The van der Waals surface area contributed by atoms with Gasteiger partial charge in [0.2, 0.25) is 5.67 Å². The van der Waals surface area contributed by atoms with Crippen molar-refractivity contribution in [2.24, 2.45) is 0 Å². The van der Waals surface area contributed by atoms with Crippen molar-refractivity contribution in [3.63, 3.8) is 0 Å². The van der Waals surface area contributed by atoms with Crippen molar-refractivity contribution in [1.82, 2.24) is 0 Å². The number of rotatable bonds is 13. The second-order valence-electron chi connectivity index (χ2n) is 13.1. The summed E-state index contributed by atoms with van der Waals surface area (Å²) >= 11 is 1.19. The van der Waals surface area contributed by atoms with Crippen LogP contribution >= 0.6 is 32.3 Å². The second kappa shape index (κ2) is 14.9. The van der Waals surface area contributed by atoms with Crippen LogP contribution in [0.25, 0.3) is 15.7 Å². The van der Waals surface area contributed by atoms with Gasteiger partial charge in [0, 0.05) is 23.8 Å². The summed E-state index contributed by atoms with van der Waals surface area (Å²) in [6.07, 6.45) is -1.90. The maximum Gasteiger partial charge on any atom is 0.357 e. The fraction of sp³-hybridized carbons (Fsp3) is 0.543. The van der Waals surface area contributed by atoms with Gasteiger partial charge in [-0.25, -0.2) is 35.1 Å². The molecule has 0 fully saturated rings. The molecule has 0 saturated carbocycles. The minimum Gasteiger partial charge on any atom is -0.231 e. The number of fused-ring (bicyclic) bond motifs is 1. The van der Waals surface area contributed by atoms with E-state index in [1.807, 2.05) is 13.8 Å². The van der Waals surface area contributed by atoms with Gasteiger partial charge in [-0.2, -0.15) is 26.3 Å². The summed E-state index contributed by atoms with van der Waals surface area (Å²) in [5, 5.41) is -4.98. The zero-order valence-corrected chi connectivity index (χ0v) is 31.6. The zero-order chi connectivity index (χ0) is 40.2. The lowest BCUT2D eigenvalue weighted by Crippen LogP contribution is -2.58. The maximum atomic E-state index is 15.4. The normalized spacial score (nSPS) is 21.0. The van der Waals surface area contributed by atoms with Crippen molar-refractivity contribution < 1.29 is 61.5 Å². The Labute approximate surface area is 303 Å². The van der Waals surface area contributed by atoms with E-state index in [4.69, 9.17) is 0 Å². The highest BCUT2D eigenvalue weighted by Gasteiger charge is 2.76. The van der Waals surface area contributed by atoms with Crippen molar-refractivity contribution in [2.45, 2.75) is 114 Å². The summed E-state index contributed by atoms with van der Waals surface area (Å²) in [6.45, 7) is 10.3. The SMILES string of the molecule is C=C1C=C(c2cc3cc(C(F)(F)C(F)(F)C(F)(P)C(C)(F)F)sc3c(C)c2C(C)CC)/C(C)=C\CS/C(CCC(F)(F)C(C)(F)C(F)(F)C(F)F)=C\1. The highest BCUT2D eigenvalue weighted by molar-refractivity contribution is 8.03. The zero-order valence-electron chi connectivity index (χ0n) is 28.8. The molecule has 2 heterocycles. The number of halogens is 14. The van der Waals surface area contributed by atoms with E-state index in [2.05, 4.69) is 6.58 Å². The average molecular weight is 819 g/mol. The summed E-state index contributed by atoms with van der Waals surface area (Å²) in [4.78, 5) is -1.22. The van der Waals surface area contributed by atoms with E-state index in [-0.39, 0.29) is 57.4 Å². The van der Waals surface area contributed by atoms with Crippen LogP contribution in [-0.2, 0) is 5.92 Å². The molecular formula is C35H37F14PS2. The number of thioether (sulfide) groups is 1. The maximum absolute atomic E-state index is 15.4. The van der Waals surface area contributed by atoms with E-state index in [1.54, 1.807) is 19.9 Å². The van der Waals surface area contributed by atoms with Crippen LogP contribution in [0.1, 0.15) is 81.4 Å². The molecule has 1 aliphatic heterocycles. The number of hydrogen-bond donors (Lipinski definition) is 0. The van der Waals surface area contributed by atoms with Gasteiger partial charge in [-0.05, 0) is 108 Å². The molecule has 1 aromatic carbocycles. The van der Waals surface area contributed by atoms with Gasteiger partial charge in [0.1, 0.15) is 0 Å². The van der Waals surface area contributed by atoms with Crippen LogP contribution in [0.5, 0.6) is 0 Å². The minimum atomic E-state index is -5.87. The van der Waals surface area contributed by atoms with Crippen LogP contribution in [0.4, 0.5) is 61.5 Å². The first-order chi connectivity index (χ1) is 23.4. The smallest absolute Gasteiger partial charge is 0.231 e. The van der Waals surface area contributed by atoms with E-state index < -0.39 is 64.8 Å². The number of aryl methyl sites for hydroxylation is 1. The largest absolute Gasteiger partial charge is 0.357 e. The fourth-order valence-electron chi connectivity index (χ4n) is 5.61. The van der Waals surface area contributed by atoms with Gasteiger partial charge in [0.25, 0.3) is 17.3 Å². The van der Waals surface area contributed by atoms with Gasteiger partial charge in [-0.1, -0.05) is 35.7 Å². The lowest BCUT2D eigenvalue weighted by atomic mass is 9.83. The summed E-state index contributed by atoms with van der Waals surface area (Å²) < 4.78 is 200. The van der Waals surface area contributed by atoms with Crippen molar-refractivity contribution in [1.29, 1.82) is 0 Å². The lowest BCUT2D eigenvalue weighted by molar-refractivity contribution is -0.292. The molecule has 0 amide bonds. The van der Waals surface area contributed by atoms with Crippen molar-refractivity contribution in [2.75, 3.05) is 5.75 Å². The lowest BCUT2D eigenvalue weighted by Gasteiger charge is -2.38. The van der Waals surface area contributed by atoms with Gasteiger partial charge in [0.05, 0.1) is 4.88 Å². The van der Waals surface area contributed by atoms with Crippen molar-refractivity contribution in [3.8, 4) is 0 Å². The number of thiophene rings is 1. The summed E-state index contributed by atoms with van der Waals surface area (Å²) in [5.41, 5.74) is -2.24. The fourth-order valence-corrected chi connectivity index (χ4v) is 7.98. The molecule has 1 aliphatic rings. The Morgan fingerprint density at radius 3 is 2.00 bits per heavy atom. The second-order valence-corrected chi connectivity index (χ2v) is 16.1. The standard InChI is InChI=1S/C35H37F14PS2/c1-8-18(3)26-20(5)27-21(16-25(52-27)32(43,44)34(47,48)35(49,50)30(7,39)40)15-24(26)23-14-17(2)13-22(51-12-10-19(23)4)9-11-31(41,42)29(6,38)33(45,46)28(36)37/h10,13-16,18,28H,2,8-9,11-12,50H2,1,3-7H3/b19-10-,22-13-,23-14?. The summed E-state index contributed by atoms with van der Waals surface area (Å²) in [7, 11) is 0.518. The van der Waals surface area contributed by atoms with Gasteiger partial charge in [-0.3, -0.25) is 0 Å². The Balaban J connectivity index is 2.16. The average Bonchev–Trinajstić information content (AvgIpc) is 3.48.